The summed E-state index contributed by atoms with van der Waals surface area (Å²) in [5, 5.41) is 2.56. The number of carbonyl (C=O) groups excluding carboxylic acids is 1. The zero-order valence-corrected chi connectivity index (χ0v) is 11.1. The van der Waals surface area contributed by atoms with Crippen molar-refractivity contribution in [3.05, 3.63) is 35.4 Å². The van der Waals surface area contributed by atoms with Gasteiger partial charge in [0.15, 0.2) is 0 Å². The highest BCUT2D eigenvalue weighted by atomic mass is 79.9. The topological polar surface area (TPSA) is 29.1 Å². The molecule has 0 aliphatic heterocycles. The first-order chi connectivity index (χ1) is 8.04. The van der Waals surface area contributed by atoms with Gasteiger partial charge in [0.05, 0.1) is 5.56 Å². The third-order valence-corrected chi connectivity index (χ3v) is 3.04. The van der Waals surface area contributed by atoms with Gasteiger partial charge >= 0.3 is 0 Å². The molecule has 0 spiro atoms. The Balaban J connectivity index is 2.61. The van der Waals surface area contributed by atoms with Crippen LogP contribution in [0, 0.1) is 11.6 Å². The molecule has 94 valence electrons. The van der Waals surface area contributed by atoms with E-state index in [0.29, 0.717) is 6.54 Å². The minimum atomic E-state index is -0.717. The summed E-state index contributed by atoms with van der Waals surface area (Å²) >= 11 is 3.39. The molecule has 1 amide bonds. The quantitative estimate of drug-likeness (QED) is 0.831. The van der Waals surface area contributed by atoms with Gasteiger partial charge < -0.3 is 5.32 Å². The molecule has 1 aromatic carbocycles. The van der Waals surface area contributed by atoms with Crippen molar-refractivity contribution in [3.63, 3.8) is 0 Å². The van der Waals surface area contributed by atoms with E-state index in [1.54, 1.807) is 0 Å². The summed E-state index contributed by atoms with van der Waals surface area (Å²) in [6, 6.07) is 2.83. The van der Waals surface area contributed by atoms with Crippen molar-refractivity contribution >= 4 is 21.8 Å². The summed E-state index contributed by atoms with van der Waals surface area (Å²) in [6.45, 7) is 2.42. The molecule has 1 rings (SSSR count). The highest BCUT2D eigenvalue weighted by molar-refractivity contribution is 9.09. The third-order valence-electron chi connectivity index (χ3n) is 2.26. The lowest BCUT2D eigenvalue weighted by molar-refractivity contribution is 0.0949. The maximum Gasteiger partial charge on any atom is 0.254 e. The molecule has 0 aliphatic rings. The fraction of sp³-hybridized carbons (Fsp3) is 0.417. The van der Waals surface area contributed by atoms with E-state index in [1.165, 1.54) is 0 Å². The molecule has 0 bridgehead atoms. The molecule has 5 heteroatoms. The lowest BCUT2D eigenvalue weighted by Crippen LogP contribution is -2.30. The zero-order chi connectivity index (χ0) is 12.8. The summed E-state index contributed by atoms with van der Waals surface area (Å²) < 4.78 is 26.1. The van der Waals surface area contributed by atoms with Crippen LogP contribution in [0.25, 0.3) is 0 Å². The van der Waals surface area contributed by atoms with Crippen LogP contribution in [0.1, 0.15) is 30.1 Å². The van der Waals surface area contributed by atoms with E-state index in [-0.39, 0.29) is 10.4 Å². The summed E-state index contributed by atoms with van der Waals surface area (Å²) in [6.07, 6.45) is 1.89. The molecule has 17 heavy (non-hydrogen) atoms. The van der Waals surface area contributed by atoms with Crippen LogP contribution < -0.4 is 5.32 Å². The number of rotatable bonds is 5. The Kier molecular flexibility index (Phi) is 5.55. The average Bonchev–Trinajstić information content (AvgIpc) is 2.29. The smallest absolute Gasteiger partial charge is 0.254 e. The average molecular weight is 306 g/mol. The Morgan fingerprint density at radius 2 is 2.18 bits per heavy atom. The summed E-state index contributed by atoms with van der Waals surface area (Å²) in [5.74, 6) is -1.94. The monoisotopic (exact) mass is 305 g/mol. The molecule has 0 fully saturated rings. The lowest BCUT2D eigenvalue weighted by atomic mass is 10.2. The number of hydrogen-bond acceptors (Lipinski definition) is 1. The number of halogens is 3. The molecular weight excluding hydrogens is 292 g/mol. The van der Waals surface area contributed by atoms with Crippen LogP contribution in [-0.4, -0.2) is 17.3 Å². The Labute approximate surface area is 108 Å². The predicted octanol–water partition coefficient (Wildman–Crippen LogP) is 3.26. The zero-order valence-electron chi connectivity index (χ0n) is 9.47. The van der Waals surface area contributed by atoms with Crippen molar-refractivity contribution in [1.29, 1.82) is 0 Å². The Hall–Kier alpha value is -0.970. The first kappa shape index (κ1) is 14.1. The number of carbonyl (C=O) groups is 1. The molecular formula is C12H14BrF2NO. The second-order valence-corrected chi connectivity index (χ2v) is 5.02. The van der Waals surface area contributed by atoms with Gasteiger partial charge in [0.1, 0.15) is 11.6 Å². The molecule has 2 nitrogen and oxygen atoms in total. The molecule has 0 aromatic heterocycles. The fourth-order valence-corrected chi connectivity index (χ4v) is 2.01. The van der Waals surface area contributed by atoms with Crippen molar-refractivity contribution in [2.75, 3.05) is 6.54 Å². The first-order valence-electron chi connectivity index (χ1n) is 5.42. The second kappa shape index (κ2) is 6.69. The number of benzene rings is 1. The van der Waals surface area contributed by atoms with Crippen molar-refractivity contribution in [3.8, 4) is 0 Å². The number of nitrogens with one attached hydrogen (secondary N) is 1. The van der Waals surface area contributed by atoms with Gasteiger partial charge in [0, 0.05) is 11.4 Å². The van der Waals surface area contributed by atoms with E-state index < -0.39 is 17.5 Å². The third kappa shape index (κ3) is 4.42. The van der Waals surface area contributed by atoms with Crippen LogP contribution in [0.2, 0.25) is 0 Å². The van der Waals surface area contributed by atoms with Gasteiger partial charge in [-0.2, -0.15) is 0 Å². The Bertz CT molecular complexity index is 398. The van der Waals surface area contributed by atoms with E-state index in [4.69, 9.17) is 0 Å². The molecule has 0 saturated heterocycles. The first-order valence-corrected chi connectivity index (χ1v) is 6.33. The maximum atomic E-state index is 13.3. The number of hydrogen-bond donors (Lipinski definition) is 1. The standard InChI is InChI=1S/C12H14BrF2NO/c1-2-3-8(13)7-16-12(17)10-6-9(14)4-5-11(10)15/h4-6,8H,2-3,7H2,1H3,(H,16,17). The minimum Gasteiger partial charge on any atom is -0.351 e. The fourth-order valence-electron chi connectivity index (χ4n) is 1.39. The second-order valence-electron chi connectivity index (χ2n) is 3.72. The maximum absolute atomic E-state index is 13.3. The van der Waals surface area contributed by atoms with Gasteiger partial charge in [0.25, 0.3) is 5.91 Å². The molecule has 0 heterocycles. The molecule has 1 N–H and O–H groups in total. The van der Waals surface area contributed by atoms with Gasteiger partial charge in [-0.25, -0.2) is 8.78 Å². The lowest BCUT2D eigenvalue weighted by Gasteiger charge is -2.10. The van der Waals surface area contributed by atoms with Crippen molar-refractivity contribution in [2.45, 2.75) is 24.6 Å². The minimum absolute atomic E-state index is 0.146. The van der Waals surface area contributed by atoms with E-state index >= 15 is 0 Å². The van der Waals surface area contributed by atoms with E-state index in [2.05, 4.69) is 21.2 Å². The molecule has 1 unspecified atom stereocenters. The molecule has 1 atom stereocenters. The van der Waals surface area contributed by atoms with Crippen molar-refractivity contribution in [2.24, 2.45) is 0 Å². The van der Waals surface area contributed by atoms with Crippen molar-refractivity contribution < 1.29 is 13.6 Å². The van der Waals surface area contributed by atoms with Crippen LogP contribution >= 0.6 is 15.9 Å². The van der Waals surface area contributed by atoms with Crippen LogP contribution in [0.5, 0.6) is 0 Å². The highest BCUT2D eigenvalue weighted by Gasteiger charge is 2.13. The largest absolute Gasteiger partial charge is 0.351 e. The van der Waals surface area contributed by atoms with Crippen LogP contribution in [0.15, 0.2) is 18.2 Å². The van der Waals surface area contributed by atoms with Crippen LogP contribution in [-0.2, 0) is 0 Å². The molecule has 0 saturated carbocycles. The molecule has 1 aromatic rings. The van der Waals surface area contributed by atoms with Crippen molar-refractivity contribution in [1.82, 2.24) is 5.32 Å². The highest BCUT2D eigenvalue weighted by Crippen LogP contribution is 2.10. The summed E-state index contributed by atoms with van der Waals surface area (Å²) in [7, 11) is 0. The number of alkyl halides is 1. The summed E-state index contributed by atoms with van der Waals surface area (Å²) in [4.78, 5) is 11.7. The van der Waals surface area contributed by atoms with Gasteiger partial charge in [-0.3, -0.25) is 4.79 Å². The van der Waals surface area contributed by atoms with E-state index in [0.717, 1.165) is 31.0 Å². The SMILES string of the molecule is CCCC(Br)CNC(=O)c1cc(F)ccc1F. The van der Waals surface area contributed by atoms with Crippen LogP contribution in [0.4, 0.5) is 8.78 Å². The van der Waals surface area contributed by atoms with Gasteiger partial charge in [-0.05, 0) is 24.6 Å². The van der Waals surface area contributed by atoms with E-state index in [9.17, 15) is 13.6 Å². The van der Waals surface area contributed by atoms with Crippen LogP contribution in [0.3, 0.4) is 0 Å². The normalized spacial score (nSPS) is 12.2. The Morgan fingerprint density at radius 3 is 2.82 bits per heavy atom. The number of amides is 1. The molecule has 0 aliphatic carbocycles. The Morgan fingerprint density at radius 1 is 1.47 bits per heavy atom. The van der Waals surface area contributed by atoms with Gasteiger partial charge in [-0.15, -0.1) is 0 Å². The molecule has 0 radical (unpaired) electrons. The summed E-state index contributed by atoms with van der Waals surface area (Å²) in [5.41, 5.74) is -0.263. The predicted molar refractivity (Wildman–Crippen MR) is 66.3 cm³/mol. The van der Waals surface area contributed by atoms with Gasteiger partial charge in [0.2, 0.25) is 0 Å². The van der Waals surface area contributed by atoms with E-state index in [1.807, 2.05) is 6.92 Å². The van der Waals surface area contributed by atoms with Gasteiger partial charge in [-0.1, -0.05) is 29.3 Å².